The number of rotatable bonds is 3. The fourth-order valence-electron chi connectivity index (χ4n) is 3.18. The number of benzene rings is 3. The van der Waals surface area contributed by atoms with E-state index in [0.717, 1.165) is 27.2 Å². The summed E-state index contributed by atoms with van der Waals surface area (Å²) in [6, 6.07) is 21.0. The van der Waals surface area contributed by atoms with Gasteiger partial charge in [0.1, 0.15) is 0 Å². The van der Waals surface area contributed by atoms with E-state index in [1.807, 2.05) is 12.1 Å². The molecule has 1 aromatic heterocycles. The summed E-state index contributed by atoms with van der Waals surface area (Å²) in [6.07, 6.45) is 1.81. The molecule has 0 fully saturated rings. The smallest absolute Gasteiger partial charge is 0.0505 e. The largest absolute Gasteiger partial charge is 0.336 e. The van der Waals surface area contributed by atoms with Gasteiger partial charge in [0.05, 0.1) is 5.52 Å². The standard InChI is InChI=1S/C21H15BrClN/c1-2-14-7-8-15(19(23)11-14)13-24-20-6-4-3-5-17(20)18-10-9-16(22)12-21(18)24/h2-12H,1,13H2. The first-order chi connectivity index (χ1) is 11.7. The quantitative estimate of drug-likeness (QED) is 0.355. The van der Waals surface area contributed by atoms with Crippen molar-refractivity contribution in [3.05, 3.63) is 87.9 Å². The van der Waals surface area contributed by atoms with Gasteiger partial charge in [0.25, 0.3) is 0 Å². The molecule has 1 nitrogen and oxygen atoms in total. The van der Waals surface area contributed by atoms with E-state index in [4.69, 9.17) is 11.6 Å². The maximum Gasteiger partial charge on any atom is 0.0505 e. The molecule has 3 aromatic carbocycles. The highest BCUT2D eigenvalue weighted by Crippen LogP contribution is 2.32. The van der Waals surface area contributed by atoms with E-state index < -0.39 is 0 Å². The van der Waals surface area contributed by atoms with Gasteiger partial charge in [-0.2, -0.15) is 0 Å². The Hall–Kier alpha value is -2.03. The minimum atomic E-state index is 0.733. The third-order valence-electron chi connectivity index (χ3n) is 4.38. The number of halogens is 2. The second-order valence-corrected chi connectivity index (χ2v) is 7.14. The molecule has 0 aliphatic carbocycles. The molecule has 0 spiro atoms. The summed E-state index contributed by atoms with van der Waals surface area (Å²) in [4.78, 5) is 0. The molecule has 118 valence electrons. The lowest BCUT2D eigenvalue weighted by atomic mass is 10.1. The molecule has 1 heterocycles. The van der Waals surface area contributed by atoms with Crippen LogP contribution in [0, 0.1) is 0 Å². The lowest BCUT2D eigenvalue weighted by molar-refractivity contribution is 0.869. The third kappa shape index (κ3) is 2.56. The molecule has 4 aromatic rings. The van der Waals surface area contributed by atoms with Gasteiger partial charge >= 0.3 is 0 Å². The molecule has 0 aliphatic rings. The lowest BCUT2D eigenvalue weighted by Crippen LogP contribution is -2.00. The average Bonchev–Trinajstić information content (AvgIpc) is 2.90. The summed E-state index contributed by atoms with van der Waals surface area (Å²) >= 11 is 10.1. The highest BCUT2D eigenvalue weighted by atomic mass is 79.9. The van der Waals surface area contributed by atoms with Crippen molar-refractivity contribution in [1.29, 1.82) is 0 Å². The maximum absolute atomic E-state index is 6.49. The zero-order valence-corrected chi connectivity index (χ0v) is 15.3. The predicted molar refractivity (Wildman–Crippen MR) is 108 cm³/mol. The molecule has 0 radical (unpaired) electrons. The number of aromatic nitrogens is 1. The number of hydrogen-bond acceptors (Lipinski definition) is 0. The Morgan fingerprint density at radius 3 is 2.54 bits per heavy atom. The van der Waals surface area contributed by atoms with Crippen LogP contribution in [0.15, 0.2) is 71.7 Å². The van der Waals surface area contributed by atoms with Crippen molar-refractivity contribution in [3.8, 4) is 0 Å². The van der Waals surface area contributed by atoms with E-state index in [9.17, 15) is 0 Å². The molecule has 3 heteroatoms. The minimum absolute atomic E-state index is 0.733. The van der Waals surface area contributed by atoms with Gasteiger partial charge in [-0.05, 0) is 35.4 Å². The summed E-state index contributed by atoms with van der Waals surface area (Å²) in [6.45, 7) is 4.53. The highest BCUT2D eigenvalue weighted by Gasteiger charge is 2.12. The number of nitrogens with zero attached hydrogens (tertiary/aromatic N) is 1. The number of fused-ring (bicyclic) bond motifs is 3. The third-order valence-corrected chi connectivity index (χ3v) is 5.22. The van der Waals surface area contributed by atoms with E-state index in [0.29, 0.717) is 0 Å². The maximum atomic E-state index is 6.49. The molecule has 0 amide bonds. The van der Waals surface area contributed by atoms with Crippen molar-refractivity contribution >= 4 is 55.4 Å². The van der Waals surface area contributed by atoms with Gasteiger partial charge in [-0.15, -0.1) is 0 Å². The van der Waals surface area contributed by atoms with Crippen LogP contribution in [-0.4, -0.2) is 4.57 Å². The Labute approximate surface area is 154 Å². The number of hydrogen-bond donors (Lipinski definition) is 0. The molecule has 0 aliphatic heterocycles. The number of para-hydroxylation sites is 1. The van der Waals surface area contributed by atoms with Crippen LogP contribution in [0.25, 0.3) is 27.9 Å². The average molecular weight is 397 g/mol. The Kier molecular flexibility index (Phi) is 3.95. The van der Waals surface area contributed by atoms with Crippen molar-refractivity contribution < 1.29 is 0 Å². The van der Waals surface area contributed by atoms with Crippen molar-refractivity contribution in [2.45, 2.75) is 6.54 Å². The molecule has 0 atom stereocenters. The first kappa shape index (κ1) is 15.5. The topological polar surface area (TPSA) is 4.93 Å². The van der Waals surface area contributed by atoms with Gasteiger partial charge in [-0.3, -0.25) is 0 Å². The van der Waals surface area contributed by atoms with Crippen LogP contribution >= 0.6 is 27.5 Å². The molecule has 0 unspecified atom stereocenters. The second kappa shape index (κ2) is 6.12. The molecular formula is C21H15BrClN. The van der Waals surface area contributed by atoms with Crippen LogP contribution in [0.1, 0.15) is 11.1 Å². The first-order valence-corrected chi connectivity index (χ1v) is 8.92. The summed E-state index contributed by atoms with van der Waals surface area (Å²) < 4.78 is 3.40. The van der Waals surface area contributed by atoms with E-state index in [-0.39, 0.29) is 0 Å². The Bertz CT molecular complexity index is 1080. The predicted octanol–water partition coefficient (Wildman–Crippen LogP) is 6.90. The van der Waals surface area contributed by atoms with Crippen molar-refractivity contribution in [2.75, 3.05) is 0 Å². The molecule has 0 N–H and O–H groups in total. The van der Waals surface area contributed by atoms with Crippen LogP contribution in [0.4, 0.5) is 0 Å². The monoisotopic (exact) mass is 395 g/mol. The van der Waals surface area contributed by atoms with Crippen LogP contribution in [0.2, 0.25) is 5.02 Å². The molecule has 0 bridgehead atoms. The zero-order chi connectivity index (χ0) is 16.7. The van der Waals surface area contributed by atoms with E-state index in [1.165, 1.54) is 21.8 Å². The lowest BCUT2D eigenvalue weighted by Gasteiger charge is -2.10. The Morgan fingerprint density at radius 2 is 1.75 bits per heavy atom. The van der Waals surface area contributed by atoms with Gasteiger partial charge in [0.15, 0.2) is 0 Å². The van der Waals surface area contributed by atoms with E-state index >= 15 is 0 Å². The van der Waals surface area contributed by atoms with Gasteiger partial charge in [-0.25, -0.2) is 0 Å². The molecule has 24 heavy (non-hydrogen) atoms. The molecule has 0 saturated carbocycles. The Morgan fingerprint density at radius 1 is 0.958 bits per heavy atom. The van der Waals surface area contributed by atoms with Crippen molar-refractivity contribution in [3.63, 3.8) is 0 Å². The fraction of sp³-hybridized carbons (Fsp3) is 0.0476. The molecule has 4 rings (SSSR count). The SMILES string of the molecule is C=Cc1ccc(Cn2c3ccccc3c3ccc(Br)cc32)c(Cl)c1. The summed E-state index contributed by atoms with van der Waals surface area (Å²) in [5.41, 5.74) is 4.56. The highest BCUT2D eigenvalue weighted by molar-refractivity contribution is 9.10. The van der Waals surface area contributed by atoms with Crippen LogP contribution in [0.5, 0.6) is 0 Å². The van der Waals surface area contributed by atoms with Gasteiger partial charge in [0, 0.05) is 32.3 Å². The van der Waals surface area contributed by atoms with Gasteiger partial charge in [-0.1, -0.05) is 76.6 Å². The van der Waals surface area contributed by atoms with Gasteiger partial charge < -0.3 is 4.57 Å². The second-order valence-electron chi connectivity index (χ2n) is 5.82. The fourth-order valence-corrected chi connectivity index (χ4v) is 3.78. The first-order valence-electron chi connectivity index (χ1n) is 7.75. The zero-order valence-electron chi connectivity index (χ0n) is 13.0. The molecular weight excluding hydrogens is 382 g/mol. The minimum Gasteiger partial charge on any atom is -0.336 e. The normalized spacial score (nSPS) is 11.2. The summed E-state index contributed by atoms with van der Waals surface area (Å²) in [7, 11) is 0. The molecule has 0 saturated heterocycles. The summed E-state index contributed by atoms with van der Waals surface area (Å²) in [5.74, 6) is 0. The summed E-state index contributed by atoms with van der Waals surface area (Å²) in [5, 5.41) is 3.29. The van der Waals surface area contributed by atoms with Crippen LogP contribution in [0.3, 0.4) is 0 Å². The van der Waals surface area contributed by atoms with Crippen molar-refractivity contribution in [2.24, 2.45) is 0 Å². The van der Waals surface area contributed by atoms with Crippen LogP contribution in [-0.2, 0) is 6.54 Å². The van der Waals surface area contributed by atoms with Gasteiger partial charge in [0.2, 0.25) is 0 Å². The Balaban J connectivity index is 1.94. The van der Waals surface area contributed by atoms with Crippen LogP contribution < -0.4 is 0 Å². The van der Waals surface area contributed by atoms with Crippen molar-refractivity contribution in [1.82, 2.24) is 4.57 Å². The van der Waals surface area contributed by atoms with E-state index in [1.54, 1.807) is 0 Å². The van der Waals surface area contributed by atoms with E-state index in [2.05, 4.69) is 81.7 Å².